The van der Waals surface area contributed by atoms with Crippen LogP contribution in [-0.4, -0.2) is 40.4 Å². The Bertz CT molecular complexity index is 794. The molecule has 112 valence electrons. The van der Waals surface area contributed by atoms with Gasteiger partial charge >= 0.3 is 5.97 Å². The van der Waals surface area contributed by atoms with Crippen LogP contribution in [0.3, 0.4) is 0 Å². The maximum atomic E-state index is 11.7. The van der Waals surface area contributed by atoms with Crippen molar-refractivity contribution < 1.29 is 18.3 Å². The first-order valence-corrected chi connectivity index (χ1v) is 8.66. The standard InChI is InChI=1S/C14H16N2O4S/c17-14(18)11-3-4-16-12(7-11)8-15-13(16)6-10-2-1-5-21(19,20)9-10/h3-4,7-8,10H,1-2,5-6,9H2,(H,17,18). The molecule has 0 radical (unpaired) electrons. The third-order valence-electron chi connectivity index (χ3n) is 3.88. The Kier molecular flexibility index (Phi) is 3.44. The van der Waals surface area contributed by atoms with E-state index in [2.05, 4.69) is 4.98 Å². The first-order valence-electron chi connectivity index (χ1n) is 6.84. The Morgan fingerprint density at radius 1 is 1.48 bits per heavy atom. The number of carbonyl (C=O) groups is 1. The van der Waals surface area contributed by atoms with E-state index < -0.39 is 15.8 Å². The van der Waals surface area contributed by atoms with Crippen molar-refractivity contribution >= 4 is 21.3 Å². The third kappa shape index (κ3) is 2.92. The molecular formula is C14H16N2O4S. The van der Waals surface area contributed by atoms with Crippen LogP contribution in [-0.2, 0) is 16.3 Å². The molecule has 0 aliphatic carbocycles. The number of aromatic carboxylic acids is 1. The van der Waals surface area contributed by atoms with Crippen LogP contribution < -0.4 is 0 Å². The fourth-order valence-corrected chi connectivity index (χ4v) is 4.65. The van der Waals surface area contributed by atoms with E-state index >= 15 is 0 Å². The maximum absolute atomic E-state index is 11.7. The minimum Gasteiger partial charge on any atom is -0.478 e. The summed E-state index contributed by atoms with van der Waals surface area (Å²) in [6.45, 7) is 0. The Balaban J connectivity index is 1.86. The van der Waals surface area contributed by atoms with Gasteiger partial charge in [0.05, 0.1) is 28.8 Å². The zero-order valence-electron chi connectivity index (χ0n) is 11.4. The van der Waals surface area contributed by atoms with Gasteiger partial charge in [-0.2, -0.15) is 0 Å². The molecule has 2 aromatic rings. The van der Waals surface area contributed by atoms with Gasteiger partial charge in [-0.25, -0.2) is 18.2 Å². The summed E-state index contributed by atoms with van der Waals surface area (Å²) in [6.07, 6.45) is 5.50. The summed E-state index contributed by atoms with van der Waals surface area (Å²) in [5.74, 6) is 0.402. The van der Waals surface area contributed by atoms with Crippen LogP contribution in [0.1, 0.15) is 29.0 Å². The Labute approximate surface area is 122 Å². The second kappa shape index (κ2) is 5.14. The highest BCUT2D eigenvalue weighted by atomic mass is 32.2. The van der Waals surface area contributed by atoms with E-state index in [9.17, 15) is 13.2 Å². The van der Waals surface area contributed by atoms with E-state index in [4.69, 9.17) is 5.11 Å². The number of hydrogen-bond acceptors (Lipinski definition) is 4. The lowest BCUT2D eigenvalue weighted by molar-refractivity contribution is 0.0697. The molecule has 7 heteroatoms. The van der Waals surface area contributed by atoms with Gasteiger partial charge in [0.2, 0.25) is 0 Å². The number of hydrogen-bond donors (Lipinski definition) is 1. The van der Waals surface area contributed by atoms with Gasteiger partial charge in [-0.1, -0.05) is 0 Å². The van der Waals surface area contributed by atoms with E-state index in [-0.39, 0.29) is 23.0 Å². The van der Waals surface area contributed by atoms with E-state index in [1.165, 1.54) is 6.07 Å². The first kappa shape index (κ1) is 14.1. The number of fused-ring (bicyclic) bond motifs is 1. The van der Waals surface area contributed by atoms with E-state index in [1.807, 2.05) is 4.40 Å². The van der Waals surface area contributed by atoms with Crippen molar-refractivity contribution in [1.82, 2.24) is 9.38 Å². The monoisotopic (exact) mass is 308 g/mol. The molecule has 0 spiro atoms. The fraction of sp³-hybridized carbons (Fsp3) is 0.429. The Hall–Kier alpha value is -1.89. The van der Waals surface area contributed by atoms with E-state index in [0.29, 0.717) is 18.4 Å². The molecule has 1 atom stereocenters. The molecule has 0 bridgehead atoms. The molecule has 1 N–H and O–H groups in total. The van der Waals surface area contributed by atoms with Gasteiger partial charge in [0, 0.05) is 12.6 Å². The van der Waals surface area contributed by atoms with Crippen LogP contribution in [0.2, 0.25) is 0 Å². The number of carboxylic acid groups (broad SMARTS) is 1. The lowest BCUT2D eigenvalue weighted by Crippen LogP contribution is -2.27. The largest absolute Gasteiger partial charge is 0.478 e. The molecule has 0 aromatic carbocycles. The minimum absolute atomic E-state index is 0.0912. The molecular weight excluding hydrogens is 292 g/mol. The number of imidazole rings is 1. The zero-order chi connectivity index (χ0) is 15.0. The number of rotatable bonds is 3. The molecule has 3 rings (SSSR count). The lowest BCUT2D eigenvalue weighted by Gasteiger charge is -2.21. The smallest absolute Gasteiger partial charge is 0.335 e. The van der Waals surface area contributed by atoms with Crippen LogP contribution in [0.15, 0.2) is 24.5 Å². The van der Waals surface area contributed by atoms with Crippen LogP contribution in [0.5, 0.6) is 0 Å². The average molecular weight is 308 g/mol. The van der Waals surface area contributed by atoms with Crippen LogP contribution in [0.4, 0.5) is 0 Å². The van der Waals surface area contributed by atoms with Crippen LogP contribution in [0, 0.1) is 5.92 Å². The summed E-state index contributed by atoms with van der Waals surface area (Å²) in [7, 11) is -2.92. The normalized spacial score (nSPS) is 21.4. The number of nitrogens with zero attached hydrogens (tertiary/aromatic N) is 2. The van der Waals surface area contributed by atoms with E-state index in [0.717, 1.165) is 12.2 Å². The maximum Gasteiger partial charge on any atom is 0.335 e. The van der Waals surface area contributed by atoms with Crippen LogP contribution in [0.25, 0.3) is 5.52 Å². The molecule has 3 heterocycles. The highest BCUT2D eigenvalue weighted by Gasteiger charge is 2.26. The number of carboxylic acids is 1. The second-order valence-corrected chi connectivity index (χ2v) is 7.75. The fourth-order valence-electron chi connectivity index (χ4n) is 2.88. The van der Waals surface area contributed by atoms with E-state index in [1.54, 1.807) is 18.5 Å². The second-order valence-electron chi connectivity index (χ2n) is 5.52. The summed E-state index contributed by atoms with van der Waals surface area (Å²) in [4.78, 5) is 15.3. The highest BCUT2D eigenvalue weighted by Crippen LogP contribution is 2.22. The van der Waals surface area contributed by atoms with Crippen LogP contribution >= 0.6 is 0 Å². The molecule has 21 heavy (non-hydrogen) atoms. The predicted molar refractivity (Wildman–Crippen MR) is 77.2 cm³/mol. The summed E-state index contributed by atoms with van der Waals surface area (Å²) in [5.41, 5.74) is 0.928. The van der Waals surface area contributed by atoms with Crippen molar-refractivity contribution in [2.24, 2.45) is 5.92 Å². The SMILES string of the molecule is O=C(O)c1ccn2c(CC3CCCS(=O)(=O)C3)ncc2c1. The van der Waals surface area contributed by atoms with Crippen molar-refractivity contribution in [1.29, 1.82) is 0 Å². The zero-order valence-corrected chi connectivity index (χ0v) is 12.2. The molecule has 1 aliphatic rings. The van der Waals surface area contributed by atoms with Gasteiger partial charge < -0.3 is 9.51 Å². The molecule has 0 saturated carbocycles. The number of pyridine rings is 1. The molecule has 1 fully saturated rings. The molecule has 1 unspecified atom stereocenters. The summed E-state index contributed by atoms with van der Waals surface area (Å²) >= 11 is 0. The number of aromatic nitrogens is 2. The summed E-state index contributed by atoms with van der Waals surface area (Å²) in [5, 5.41) is 8.97. The summed E-state index contributed by atoms with van der Waals surface area (Å²) < 4.78 is 25.2. The highest BCUT2D eigenvalue weighted by molar-refractivity contribution is 7.91. The van der Waals surface area contributed by atoms with Gasteiger partial charge in [0.1, 0.15) is 5.82 Å². The lowest BCUT2D eigenvalue weighted by atomic mass is 10.0. The first-order chi connectivity index (χ1) is 9.94. The van der Waals surface area contributed by atoms with Crippen molar-refractivity contribution in [3.05, 3.63) is 35.9 Å². The average Bonchev–Trinajstić information content (AvgIpc) is 2.80. The third-order valence-corrected chi connectivity index (χ3v) is 5.77. The van der Waals surface area contributed by atoms with Gasteiger partial charge in [-0.05, 0) is 30.9 Å². The van der Waals surface area contributed by atoms with Crippen molar-refractivity contribution in [2.75, 3.05) is 11.5 Å². The molecule has 1 aliphatic heterocycles. The van der Waals surface area contributed by atoms with Crippen molar-refractivity contribution in [3.63, 3.8) is 0 Å². The molecule has 1 saturated heterocycles. The van der Waals surface area contributed by atoms with Gasteiger partial charge in [0.25, 0.3) is 0 Å². The predicted octanol–water partition coefficient (Wildman–Crippen LogP) is 1.40. The molecule has 2 aromatic heterocycles. The number of sulfone groups is 1. The molecule has 6 nitrogen and oxygen atoms in total. The Morgan fingerprint density at radius 3 is 3.00 bits per heavy atom. The quantitative estimate of drug-likeness (QED) is 0.926. The minimum atomic E-state index is -2.92. The van der Waals surface area contributed by atoms with Gasteiger partial charge in [-0.15, -0.1) is 0 Å². The van der Waals surface area contributed by atoms with Crippen molar-refractivity contribution in [2.45, 2.75) is 19.3 Å². The van der Waals surface area contributed by atoms with Gasteiger partial charge in [0.15, 0.2) is 9.84 Å². The molecule has 0 amide bonds. The van der Waals surface area contributed by atoms with Gasteiger partial charge in [-0.3, -0.25) is 0 Å². The Morgan fingerprint density at radius 2 is 2.29 bits per heavy atom. The summed E-state index contributed by atoms with van der Waals surface area (Å²) in [6, 6.07) is 3.09. The van der Waals surface area contributed by atoms with Crippen molar-refractivity contribution in [3.8, 4) is 0 Å². The topological polar surface area (TPSA) is 88.7 Å².